The predicted molar refractivity (Wildman–Crippen MR) is 114 cm³/mol. The SMILES string of the molecule is CCCCCCCc1ccc(C=CC(=O)c2cc(Br)ccc2Br)cc1. The van der Waals surface area contributed by atoms with Crippen molar-refractivity contribution in [2.45, 2.75) is 45.4 Å². The lowest BCUT2D eigenvalue weighted by Crippen LogP contribution is -1.95. The van der Waals surface area contributed by atoms with Crippen LogP contribution in [-0.2, 0) is 6.42 Å². The van der Waals surface area contributed by atoms with Crippen LogP contribution in [0.4, 0.5) is 0 Å². The van der Waals surface area contributed by atoms with E-state index in [-0.39, 0.29) is 5.78 Å². The Morgan fingerprint density at radius 3 is 2.40 bits per heavy atom. The Balaban J connectivity index is 1.90. The number of aryl methyl sites for hydroxylation is 1. The maximum Gasteiger partial charge on any atom is 0.187 e. The topological polar surface area (TPSA) is 17.1 Å². The summed E-state index contributed by atoms with van der Waals surface area (Å²) in [4.78, 5) is 12.3. The minimum absolute atomic E-state index is 0.00632. The van der Waals surface area contributed by atoms with Crippen LogP contribution < -0.4 is 0 Å². The number of hydrogen-bond donors (Lipinski definition) is 0. The summed E-state index contributed by atoms with van der Waals surface area (Å²) in [7, 11) is 0. The molecule has 0 unspecified atom stereocenters. The monoisotopic (exact) mass is 462 g/mol. The van der Waals surface area contributed by atoms with Crippen LogP contribution in [0.5, 0.6) is 0 Å². The van der Waals surface area contributed by atoms with E-state index in [1.165, 1.54) is 37.7 Å². The fraction of sp³-hybridized carbons (Fsp3) is 0.318. The molecule has 0 heterocycles. The summed E-state index contributed by atoms with van der Waals surface area (Å²) in [6, 6.07) is 14.1. The van der Waals surface area contributed by atoms with Crippen LogP contribution in [0.2, 0.25) is 0 Å². The fourth-order valence-corrected chi connectivity index (χ4v) is 3.48. The quantitative estimate of drug-likeness (QED) is 0.212. The largest absolute Gasteiger partial charge is 0.289 e. The molecular formula is C22H24Br2O. The zero-order valence-electron chi connectivity index (χ0n) is 14.6. The molecule has 0 saturated carbocycles. The highest BCUT2D eigenvalue weighted by Crippen LogP contribution is 2.22. The normalized spacial score (nSPS) is 11.2. The summed E-state index contributed by atoms with van der Waals surface area (Å²) in [5.41, 5.74) is 3.08. The smallest absolute Gasteiger partial charge is 0.187 e. The molecule has 0 spiro atoms. The van der Waals surface area contributed by atoms with Crippen LogP contribution in [0.3, 0.4) is 0 Å². The van der Waals surface area contributed by atoms with Gasteiger partial charge in [-0.2, -0.15) is 0 Å². The highest BCUT2D eigenvalue weighted by molar-refractivity contribution is 9.11. The third kappa shape index (κ3) is 6.91. The predicted octanol–water partition coefficient (Wildman–Crippen LogP) is 7.62. The van der Waals surface area contributed by atoms with E-state index in [9.17, 15) is 4.79 Å². The Morgan fingerprint density at radius 2 is 1.68 bits per heavy atom. The maximum atomic E-state index is 12.3. The summed E-state index contributed by atoms with van der Waals surface area (Å²) < 4.78 is 1.71. The first-order chi connectivity index (χ1) is 12.1. The number of unbranched alkanes of at least 4 members (excludes halogenated alkanes) is 4. The summed E-state index contributed by atoms with van der Waals surface area (Å²) in [5.74, 6) is -0.00632. The van der Waals surface area contributed by atoms with Crippen LogP contribution in [0, 0.1) is 0 Å². The van der Waals surface area contributed by atoms with Crippen LogP contribution in [0.1, 0.15) is 60.5 Å². The number of benzene rings is 2. The molecule has 0 N–H and O–H groups in total. The summed E-state index contributed by atoms with van der Waals surface area (Å²) in [5, 5.41) is 0. The second kappa shape index (κ2) is 10.7. The fourth-order valence-electron chi connectivity index (χ4n) is 2.68. The van der Waals surface area contributed by atoms with Crippen molar-refractivity contribution < 1.29 is 4.79 Å². The van der Waals surface area contributed by atoms with Crippen molar-refractivity contribution in [3.63, 3.8) is 0 Å². The van der Waals surface area contributed by atoms with Gasteiger partial charge in [0.1, 0.15) is 0 Å². The van der Waals surface area contributed by atoms with Gasteiger partial charge in [0, 0.05) is 14.5 Å². The Kier molecular flexibility index (Phi) is 8.63. The van der Waals surface area contributed by atoms with Gasteiger partial charge in [-0.1, -0.05) is 94.8 Å². The number of carbonyl (C=O) groups excluding carboxylic acids is 1. The van der Waals surface area contributed by atoms with Gasteiger partial charge in [-0.15, -0.1) is 0 Å². The van der Waals surface area contributed by atoms with Crippen molar-refractivity contribution in [2.24, 2.45) is 0 Å². The highest BCUT2D eigenvalue weighted by Gasteiger charge is 2.07. The number of carbonyl (C=O) groups is 1. The molecule has 0 fully saturated rings. The molecule has 0 aliphatic heterocycles. The van der Waals surface area contributed by atoms with E-state index in [1.54, 1.807) is 6.08 Å². The molecule has 0 aliphatic carbocycles. The molecule has 3 heteroatoms. The molecule has 1 nitrogen and oxygen atoms in total. The Morgan fingerprint density at radius 1 is 0.960 bits per heavy atom. The molecule has 2 rings (SSSR count). The Labute approximate surface area is 167 Å². The first-order valence-corrected chi connectivity index (χ1v) is 10.4. The second-order valence-corrected chi connectivity index (χ2v) is 8.00. The average molecular weight is 464 g/mol. The number of halogens is 2. The van der Waals surface area contributed by atoms with Gasteiger partial charge in [0.15, 0.2) is 5.78 Å². The van der Waals surface area contributed by atoms with Crippen molar-refractivity contribution in [1.29, 1.82) is 0 Å². The van der Waals surface area contributed by atoms with E-state index in [0.29, 0.717) is 5.56 Å². The standard InChI is InChI=1S/C22H24Br2O/c1-2-3-4-5-6-7-17-8-10-18(11-9-17)12-15-22(25)20-16-19(23)13-14-21(20)24/h8-16H,2-7H2,1H3. The minimum atomic E-state index is -0.00632. The van der Waals surface area contributed by atoms with Crippen LogP contribution in [0.25, 0.3) is 6.08 Å². The van der Waals surface area contributed by atoms with Gasteiger partial charge in [-0.3, -0.25) is 4.79 Å². The van der Waals surface area contributed by atoms with Crippen molar-refractivity contribution in [3.8, 4) is 0 Å². The van der Waals surface area contributed by atoms with Gasteiger partial charge in [0.05, 0.1) is 0 Å². The third-order valence-corrected chi connectivity index (χ3v) is 5.35. The van der Waals surface area contributed by atoms with E-state index < -0.39 is 0 Å². The van der Waals surface area contributed by atoms with Crippen LogP contribution >= 0.6 is 31.9 Å². The first kappa shape index (κ1) is 20.1. The van der Waals surface area contributed by atoms with E-state index in [0.717, 1.165) is 20.9 Å². The molecule has 25 heavy (non-hydrogen) atoms. The van der Waals surface area contributed by atoms with E-state index in [2.05, 4.69) is 63.0 Å². The molecular weight excluding hydrogens is 440 g/mol. The lowest BCUT2D eigenvalue weighted by atomic mass is 10.0. The van der Waals surface area contributed by atoms with Gasteiger partial charge in [-0.05, 0) is 48.2 Å². The molecule has 2 aromatic rings. The molecule has 2 aromatic carbocycles. The summed E-state index contributed by atoms with van der Waals surface area (Å²) in [6.45, 7) is 2.24. The molecule has 132 valence electrons. The zero-order chi connectivity index (χ0) is 18.1. The Bertz CT molecular complexity index is 717. The van der Waals surface area contributed by atoms with E-state index in [4.69, 9.17) is 0 Å². The molecule has 0 saturated heterocycles. The number of ketones is 1. The molecule has 0 amide bonds. The van der Waals surface area contributed by atoms with Crippen LogP contribution in [-0.4, -0.2) is 5.78 Å². The molecule has 0 aromatic heterocycles. The van der Waals surface area contributed by atoms with Gasteiger partial charge in [-0.25, -0.2) is 0 Å². The van der Waals surface area contributed by atoms with E-state index >= 15 is 0 Å². The maximum absolute atomic E-state index is 12.3. The third-order valence-electron chi connectivity index (χ3n) is 4.17. The van der Waals surface area contributed by atoms with Crippen molar-refractivity contribution >= 4 is 43.7 Å². The average Bonchev–Trinajstić information content (AvgIpc) is 2.62. The molecule has 0 radical (unpaired) electrons. The molecule has 0 atom stereocenters. The van der Waals surface area contributed by atoms with Gasteiger partial charge >= 0.3 is 0 Å². The van der Waals surface area contributed by atoms with Crippen LogP contribution in [0.15, 0.2) is 57.5 Å². The lowest BCUT2D eigenvalue weighted by Gasteiger charge is -2.03. The van der Waals surface area contributed by atoms with Crippen molar-refractivity contribution in [2.75, 3.05) is 0 Å². The number of allylic oxidation sites excluding steroid dienone is 1. The summed E-state index contributed by atoms with van der Waals surface area (Å²) in [6.07, 6.45) is 11.2. The zero-order valence-corrected chi connectivity index (χ0v) is 17.8. The Hall–Kier alpha value is -1.19. The van der Waals surface area contributed by atoms with Gasteiger partial charge < -0.3 is 0 Å². The lowest BCUT2D eigenvalue weighted by molar-refractivity contribution is 0.104. The molecule has 0 aliphatic rings. The number of rotatable bonds is 9. The molecule has 0 bridgehead atoms. The summed E-state index contributed by atoms with van der Waals surface area (Å²) >= 11 is 6.84. The van der Waals surface area contributed by atoms with Crippen molar-refractivity contribution in [1.82, 2.24) is 0 Å². The van der Waals surface area contributed by atoms with Gasteiger partial charge in [0.2, 0.25) is 0 Å². The highest BCUT2D eigenvalue weighted by atomic mass is 79.9. The van der Waals surface area contributed by atoms with Gasteiger partial charge in [0.25, 0.3) is 0 Å². The number of hydrogen-bond acceptors (Lipinski definition) is 1. The van der Waals surface area contributed by atoms with Crippen molar-refractivity contribution in [3.05, 3.63) is 74.2 Å². The first-order valence-electron chi connectivity index (χ1n) is 8.86. The van der Waals surface area contributed by atoms with E-state index in [1.807, 2.05) is 24.3 Å². The second-order valence-electron chi connectivity index (χ2n) is 6.23. The minimum Gasteiger partial charge on any atom is -0.289 e.